The zero-order chi connectivity index (χ0) is 22.5. The molecule has 0 saturated carbocycles. The Bertz CT molecular complexity index is 1130. The number of carbonyl (C=O) groups excluding carboxylic acids is 2. The minimum Gasteiger partial charge on any atom is -0.482 e. The number of carbonyl (C=O) groups is 3. The third-order valence-corrected chi connectivity index (χ3v) is 5.14. The summed E-state index contributed by atoms with van der Waals surface area (Å²) >= 11 is 0. The van der Waals surface area contributed by atoms with Gasteiger partial charge in [-0.1, -0.05) is 60.7 Å². The van der Waals surface area contributed by atoms with Crippen molar-refractivity contribution in [1.29, 1.82) is 0 Å². The number of ether oxygens (including phenoxy) is 2. The van der Waals surface area contributed by atoms with Crippen molar-refractivity contribution < 1.29 is 29.0 Å². The van der Waals surface area contributed by atoms with E-state index >= 15 is 0 Å². The highest BCUT2D eigenvalue weighted by molar-refractivity contribution is 6.21. The molecule has 1 heterocycles. The molecule has 32 heavy (non-hydrogen) atoms. The van der Waals surface area contributed by atoms with Crippen LogP contribution in [-0.2, 0) is 16.1 Å². The van der Waals surface area contributed by atoms with Gasteiger partial charge in [0.05, 0.1) is 30.4 Å². The SMILES string of the molecule is O=C(O)COc1ccc2c(c1)C(=O)N([C@H](COCc1ccccc1)c1ccccc1)C2=O. The maximum Gasteiger partial charge on any atom is 0.341 e. The molecule has 1 N–H and O–H groups in total. The number of fused-ring (bicyclic) bond motifs is 1. The summed E-state index contributed by atoms with van der Waals surface area (Å²) in [5, 5.41) is 8.80. The number of imide groups is 1. The summed E-state index contributed by atoms with van der Waals surface area (Å²) < 4.78 is 11.1. The van der Waals surface area contributed by atoms with Crippen LogP contribution in [0.2, 0.25) is 0 Å². The Kier molecular flexibility index (Phi) is 6.28. The summed E-state index contributed by atoms with van der Waals surface area (Å²) in [4.78, 5) is 38.3. The van der Waals surface area contributed by atoms with E-state index in [0.717, 1.165) is 11.1 Å². The molecule has 7 nitrogen and oxygen atoms in total. The van der Waals surface area contributed by atoms with Gasteiger partial charge in [-0.05, 0) is 29.3 Å². The molecule has 0 aromatic heterocycles. The second kappa shape index (κ2) is 9.45. The normalized spacial score (nSPS) is 13.7. The maximum atomic E-state index is 13.2. The van der Waals surface area contributed by atoms with E-state index < -0.39 is 30.4 Å². The number of hydrogen-bond donors (Lipinski definition) is 1. The van der Waals surface area contributed by atoms with Gasteiger partial charge in [-0.15, -0.1) is 0 Å². The summed E-state index contributed by atoms with van der Waals surface area (Å²) in [6.07, 6.45) is 0. The van der Waals surface area contributed by atoms with Crippen molar-refractivity contribution >= 4 is 17.8 Å². The van der Waals surface area contributed by atoms with Gasteiger partial charge in [0, 0.05) is 0 Å². The summed E-state index contributed by atoms with van der Waals surface area (Å²) in [5.41, 5.74) is 2.20. The van der Waals surface area contributed by atoms with Gasteiger partial charge in [0.2, 0.25) is 0 Å². The van der Waals surface area contributed by atoms with Crippen molar-refractivity contribution in [2.75, 3.05) is 13.2 Å². The fourth-order valence-electron chi connectivity index (χ4n) is 3.61. The fraction of sp³-hybridized carbons (Fsp3) is 0.160. The summed E-state index contributed by atoms with van der Waals surface area (Å²) in [7, 11) is 0. The molecule has 0 fully saturated rings. The minimum atomic E-state index is -1.13. The van der Waals surface area contributed by atoms with E-state index in [-0.39, 0.29) is 23.5 Å². The number of nitrogens with zero attached hydrogens (tertiary/aromatic N) is 1. The Labute approximate surface area is 184 Å². The number of amides is 2. The van der Waals surface area contributed by atoms with Crippen molar-refractivity contribution in [3.8, 4) is 5.75 Å². The van der Waals surface area contributed by atoms with Crippen LogP contribution in [0.5, 0.6) is 5.75 Å². The van der Waals surface area contributed by atoms with Crippen LogP contribution in [0.25, 0.3) is 0 Å². The maximum absolute atomic E-state index is 13.2. The quantitative estimate of drug-likeness (QED) is 0.519. The molecule has 0 aliphatic carbocycles. The van der Waals surface area contributed by atoms with Crippen LogP contribution in [0.4, 0.5) is 0 Å². The molecular weight excluding hydrogens is 410 g/mol. The number of aliphatic carboxylic acids is 1. The standard InChI is InChI=1S/C25H21NO6/c27-23(28)16-32-19-11-12-20-21(13-19)25(30)26(24(20)29)22(18-9-5-2-6-10-18)15-31-14-17-7-3-1-4-8-17/h1-13,22H,14-16H2,(H,27,28)/t22-/m1/s1. The van der Waals surface area contributed by atoms with Gasteiger partial charge < -0.3 is 14.6 Å². The first-order valence-corrected chi connectivity index (χ1v) is 10.1. The van der Waals surface area contributed by atoms with Crippen LogP contribution >= 0.6 is 0 Å². The minimum absolute atomic E-state index is 0.132. The van der Waals surface area contributed by atoms with Crippen LogP contribution in [0.1, 0.15) is 37.9 Å². The van der Waals surface area contributed by atoms with E-state index in [1.807, 2.05) is 60.7 Å². The van der Waals surface area contributed by atoms with Crippen LogP contribution in [-0.4, -0.2) is 41.0 Å². The Morgan fingerprint density at radius 1 is 0.875 bits per heavy atom. The number of hydrogen-bond acceptors (Lipinski definition) is 5. The third-order valence-electron chi connectivity index (χ3n) is 5.14. The molecule has 3 aromatic rings. The lowest BCUT2D eigenvalue weighted by Gasteiger charge is -2.26. The second-order valence-electron chi connectivity index (χ2n) is 7.30. The summed E-state index contributed by atoms with van der Waals surface area (Å²) in [6, 6.07) is 22.7. The van der Waals surface area contributed by atoms with E-state index in [1.54, 1.807) is 0 Å². The first-order chi connectivity index (χ1) is 15.5. The van der Waals surface area contributed by atoms with Crippen molar-refractivity contribution in [1.82, 2.24) is 4.90 Å². The molecule has 7 heteroatoms. The molecule has 3 aromatic carbocycles. The van der Waals surface area contributed by atoms with E-state index in [0.29, 0.717) is 6.61 Å². The Hall–Kier alpha value is -3.97. The molecule has 0 spiro atoms. The highest BCUT2D eigenvalue weighted by Crippen LogP contribution is 2.33. The first-order valence-electron chi connectivity index (χ1n) is 10.1. The number of carboxylic acids is 1. The Morgan fingerprint density at radius 2 is 1.53 bits per heavy atom. The summed E-state index contributed by atoms with van der Waals surface area (Å²) in [5.74, 6) is -1.81. The highest BCUT2D eigenvalue weighted by Gasteiger charge is 2.41. The fourth-order valence-corrected chi connectivity index (χ4v) is 3.61. The van der Waals surface area contributed by atoms with E-state index in [2.05, 4.69) is 0 Å². The molecule has 1 atom stereocenters. The lowest BCUT2D eigenvalue weighted by Crippen LogP contribution is -2.36. The molecular formula is C25H21NO6. The third kappa shape index (κ3) is 4.53. The van der Waals surface area contributed by atoms with Crippen LogP contribution in [0.15, 0.2) is 78.9 Å². The molecule has 4 rings (SSSR count). The van der Waals surface area contributed by atoms with Crippen molar-refractivity contribution in [3.63, 3.8) is 0 Å². The van der Waals surface area contributed by atoms with Crippen LogP contribution in [0.3, 0.4) is 0 Å². The van der Waals surface area contributed by atoms with E-state index in [4.69, 9.17) is 14.6 Å². The van der Waals surface area contributed by atoms with Gasteiger partial charge in [0.15, 0.2) is 6.61 Å². The van der Waals surface area contributed by atoms with Gasteiger partial charge in [0.1, 0.15) is 5.75 Å². The smallest absolute Gasteiger partial charge is 0.341 e. The number of carboxylic acid groups (broad SMARTS) is 1. The van der Waals surface area contributed by atoms with Crippen molar-refractivity contribution in [2.45, 2.75) is 12.6 Å². The Balaban J connectivity index is 1.58. The van der Waals surface area contributed by atoms with Gasteiger partial charge in [0.25, 0.3) is 11.8 Å². The lowest BCUT2D eigenvalue weighted by molar-refractivity contribution is -0.139. The van der Waals surface area contributed by atoms with E-state index in [1.165, 1.54) is 23.1 Å². The monoisotopic (exact) mass is 431 g/mol. The van der Waals surface area contributed by atoms with Crippen LogP contribution in [0, 0.1) is 0 Å². The van der Waals surface area contributed by atoms with Crippen molar-refractivity contribution in [3.05, 3.63) is 101 Å². The second-order valence-corrected chi connectivity index (χ2v) is 7.30. The van der Waals surface area contributed by atoms with Gasteiger partial charge in [-0.2, -0.15) is 0 Å². The molecule has 2 amide bonds. The highest BCUT2D eigenvalue weighted by atomic mass is 16.5. The number of benzene rings is 3. The zero-order valence-corrected chi connectivity index (χ0v) is 17.1. The first kappa shape index (κ1) is 21.3. The predicted molar refractivity (Wildman–Crippen MR) is 115 cm³/mol. The molecule has 0 saturated heterocycles. The molecule has 0 radical (unpaired) electrons. The molecule has 1 aliphatic heterocycles. The van der Waals surface area contributed by atoms with Crippen molar-refractivity contribution in [2.24, 2.45) is 0 Å². The molecule has 0 unspecified atom stereocenters. The topological polar surface area (TPSA) is 93.1 Å². The van der Waals surface area contributed by atoms with E-state index in [9.17, 15) is 14.4 Å². The average molecular weight is 431 g/mol. The summed E-state index contributed by atoms with van der Waals surface area (Å²) in [6.45, 7) is -0.0577. The predicted octanol–water partition coefficient (Wildman–Crippen LogP) is 3.70. The van der Waals surface area contributed by atoms with Crippen LogP contribution < -0.4 is 4.74 Å². The zero-order valence-electron chi connectivity index (χ0n) is 17.1. The molecule has 162 valence electrons. The molecule has 1 aliphatic rings. The molecule has 0 bridgehead atoms. The Morgan fingerprint density at radius 3 is 2.22 bits per heavy atom. The number of rotatable bonds is 9. The van der Waals surface area contributed by atoms with Gasteiger partial charge in [-0.25, -0.2) is 4.79 Å². The van der Waals surface area contributed by atoms with Gasteiger partial charge >= 0.3 is 5.97 Å². The average Bonchev–Trinajstić information content (AvgIpc) is 3.06. The van der Waals surface area contributed by atoms with Gasteiger partial charge in [-0.3, -0.25) is 14.5 Å². The lowest BCUT2D eigenvalue weighted by atomic mass is 10.1. The largest absolute Gasteiger partial charge is 0.482 e.